The monoisotopic (exact) mass is 151 g/mol. The van der Waals surface area contributed by atoms with Crippen molar-refractivity contribution in [1.82, 2.24) is 0 Å². The summed E-state index contributed by atoms with van der Waals surface area (Å²) in [6.45, 7) is 4.24. The molecule has 1 aromatic carbocycles. The van der Waals surface area contributed by atoms with Gasteiger partial charge in [-0.3, -0.25) is 0 Å². The maximum atomic E-state index is 3.25. The Morgan fingerprint density at radius 2 is 1.60 bits per heavy atom. The van der Waals surface area contributed by atoms with Crippen LogP contribution in [0.5, 0.6) is 0 Å². The summed E-state index contributed by atoms with van der Waals surface area (Å²) in [5.41, 5.74) is 3.92. The smallest absolute Gasteiger partial charge is 0.104 e. The van der Waals surface area contributed by atoms with E-state index in [1.54, 1.807) is 0 Å². The number of hydrogen-bond donors (Lipinski definition) is 1. The lowest BCUT2D eigenvalue weighted by Gasteiger charge is -2.02. The van der Waals surface area contributed by atoms with Gasteiger partial charge in [-0.1, -0.05) is 6.07 Å². The molecule has 0 atom stereocenters. The summed E-state index contributed by atoms with van der Waals surface area (Å²) in [6, 6.07) is 6.52. The molecule has 0 aliphatic carbocycles. The van der Waals surface area contributed by atoms with Crippen LogP contribution in [-0.4, -0.2) is 10.4 Å². The first-order valence-electron chi connectivity index (χ1n) is 3.48. The van der Waals surface area contributed by atoms with Gasteiger partial charge in [0.1, 0.15) is 10.4 Å². The standard InChI is InChI=1S/C8H13NSi/c1-6-3-7(2)5-8(4-6)9-10/h3-5,9H,1-2,10H3. The van der Waals surface area contributed by atoms with Gasteiger partial charge in [-0.25, -0.2) is 0 Å². The highest BCUT2D eigenvalue weighted by molar-refractivity contribution is 6.15. The number of benzene rings is 1. The average Bonchev–Trinajstić information content (AvgIpc) is 1.85. The van der Waals surface area contributed by atoms with E-state index < -0.39 is 0 Å². The van der Waals surface area contributed by atoms with Gasteiger partial charge < -0.3 is 4.98 Å². The SMILES string of the molecule is Cc1cc(C)cc(N[SiH3])c1. The van der Waals surface area contributed by atoms with Crippen LogP contribution in [-0.2, 0) is 0 Å². The van der Waals surface area contributed by atoms with Gasteiger partial charge in [-0.15, -0.1) is 0 Å². The highest BCUT2D eigenvalue weighted by atomic mass is 28.2. The van der Waals surface area contributed by atoms with Gasteiger partial charge in [0, 0.05) is 5.69 Å². The molecule has 0 radical (unpaired) electrons. The Balaban J connectivity index is 3.06. The maximum Gasteiger partial charge on any atom is 0.104 e. The van der Waals surface area contributed by atoms with Gasteiger partial charge in [0.2, 0.25) is 0 Å². The second-order valence-corrected chi connectivity index (χ2v) is 3.13. The van der Waals surface area contributed by atoms with Gasteiger partial charge in [-0.2, -0.15) is 0 Å². The Morgan fingerprint density at radius 3 is 2.00 bits per heavy atom. The largest absolute Gasteiger partial charge is 0.419 e. The second-order valence-electron chi connectivity index (χ2n) is 2.63. The molecule has 0 heterocycles. The summed E-state index contributed by atoms with van der Waals surface area (Å²) in [6.07, 6.45) is 0. The molecule has 1 aromatic rings. The van der Waals surface area contributed by atoms with Crippen molar-refractivity contribution in [2.24, 2.45) is 0 Å². The van der Waals surface area contributed by atoms with E-state index in [1.165, 1.54) is 16.8 Å². The van der Waals surface area contributed by atoms with Gasteiger partial charge in [-0.05, 0) is 37.1 Å². The molecule has 2 heteroatoms. The third kappa shape index (κ3) is 1.61. The number of anilines is 1. The molecule has 0 spiro atoms. The lowest BCUT2D eigenvalue weighted by atomic mass is 10.1. The number of nitrogens with one attached hydrogen (secondary N) is 1. The lowest BCUT2D eigenvalue weighted by molar-refractivity contribution is 1.39. The molecule has 0 amide bonds. The van der Waals surface area contributed by atoms with Gasteiger partial charge in [0.25, 0.3) is 0 Å². The first-order valence-corrected chi connectivity index (χ1v) is 4.48. The first-order chi connectivity index (χ1) is 4.72. The average molecular weight is 151 g/mol. The normalized spacial score (nSPS) is 9.80. The molecule has 0 saturated carbocycles. The lowest BCUT2D eigenvalue weighted by Crippen LogP contribution is -1.91. The Kier molecular flexibility index (Phi) is 2.12. The van der Waals surface area contributed by atoms with Crippen molar-refractivity contribution in [2.45, 2.75) is 13.8 Å². The molecule has 54 valence electrons. The van der Waals surface area contributed by atoms with Crippen molar-refractivity contribution < 1.29 is 0 Å². The van der Waals surface area contributed by atoms with Crippen LogP contribution in [0.25, 0.3) is 0 Å². The van der Waals surface area contributed by atoms with Crippen LogP contribution >= 0.6 is 0 Å². The highest BCUT2D eigenvalue weighted by Crippen LogP contribution is 2.11. The molecular weight excluding hydrogens is 138 g/mol. The van der Waals surface area contributed by atoms with Crippen LogP contribution in [0.2, 0.25) is 0 Å². The van der Waals surface area contributed by atoms with E-state index in [9.17, 15) is 0 Å². The van der Waals surface area contributed by atoms with Crippen molar-refractivity contribution in [1.29, 1.82) is 0 Å². The summed E-state index contributed by atoms with van der Waals surface area (Å²) < 4.78 is 0. The zero-order chi connectivity index (χ0) is 7.56. The molecule has 0 aliphatic rings. The summed E-state index contributed by atoms with van der Waals surface area (Å²) in [5, 5.41) is 0. The van der Waals surface area contributed by atoms with Crippen LogP contribution in [0, 0.1) is 13.8 Å². The molecule has 0 bridgehead atoms. The van der Waals surface area contributed by atoms with Crippen LogP contribution in [0.1, 0.15) is 11.1 Å². The fourth-order valence-corrected chi connectivity index (χ4v) is 1.41. The topological polar surface area (TPSA) is 12.0 Å². The maximum absolute atomic E-state index is 3.25. The molecular formula is C8H13NSi. The third-order valence-corrected chi connectivity index (χ3v) is 2.09. The van der Waals surface area contributed by atoms with Crippen LogP contribution in [0.15, 0.2) is 18.2 Å². The van der Waals surface area contributed by atoms with Gasteiger partial charge >= 0.3 is 0 Å². The molecule has 1 nitrogen and oxygen atoms in total. The Bertz CT molecular complexity index is 212. The van der Waals surface area contributed by atoms with Crippen molar-refractivity contribution in [3.05, 3.63) is 29.3 Å². The molecule has 1 rings (SSSR count). The van der Waals surface area contributed by atoms with Crippen LogP contribution in [0.4, 0.5) is 5.69 Å². The number of rotatable bonds is 1. The van der Waals surface area contributed by atoms with E-state index in [0.717, 1.165) is 10.4 Å². The van der Waals surface area contributed by atoms with Gasteiger partial charge in [0.05, 0.1) is 0 Å². The number of hydrogen-bond acceptors (Lipinski definition) is 1. The van der Waals surface area contributed by atoms with E-state index in [1.807, 2.05) is 0 Å². The number of aryl methyl sites for hydroxylation is 2. The fraction of sp³-hybridized carbons (Fsp3) is 0.250. The van der Waals surface area contributed by atoms with E-state index >= 15 is 0 Å². The Hall–Kier alpha value is -0.763. The second kappa shape index (κ2) is 2.88. The van der Waals surface area contributed by atoms with Crippen LogP contribution < -0.4 is 4.98 Å². The molecule has 10 heavy (non-hydrogen) atoms. The predicted octanol–water partition coefficient (Wildman–Crippen LogP) is 0.996. The minimum Gasteiger partial charge on any atom is -0.419 e. The first kappa shape index (κ1) is 7.35. The quantitative estimate of drug-likeness (QED) is 0.590. The summed E-state index contributed by atoms with van der Waals surface area (Å²) in [7, 11) is 1.02. The Labute approximate surface area is 65.0 Å². The summed E-state index contributed by atoms with van der Waals surface area (Å²) in [5.74, 6) is 0. The summed E-state index contributed by atoms with van der Waals surface area (Å²) >= 11 is 0. The van der Waals surface area contributed by atoms with Gasteiger partial charge in [0.15, 0.2) is 0 Å². The molecule has 0 aliphatic heterocycles. The van der Waals surface area contributed by atoms with Crippen LogP contribution in [0.3, 0.4) is 0 Å². The summed E-state index contributed by atoms with van der Waals surface area (Å²) in [4.78, 5) is 3.25. The zero-order valence-corrected chi connectivity index (χ0v) is 8.73. The molecule has 0 fully saturated rings. The molecule has 0 saturated heterocycles. The van der Waals surface area contributed by atoms with Crippen molar-refractivity contribution in [2.75, 3.05) is 4.98 Å². The molecule has 0 aromatic heterocycles. The Morgan fingerprint density at radius 1 is 1.10 bits per heavy atom. The van der Waals surface area contributed by atoms with E-state index in [-0.39, 0.29) is 0 Å². The molecule has 1 N–H and O–H groups in total. The van der Waals surface area contributed by atoms with E-state index in [0.29, 0.717) is 0 Å². The molecule has 0 unspecified atom stereocenters. The van der Waals surface area contributed by atoms with Crippen molar-refractivity contribution in [3.63, 3.8) is 0 Å². The minimum atomic E-state index is 1.02. The highest BCUT2D eigenvalue weighted by Gasteiger charge is 1.90. The fourth-order valence-electron chi connectivity index (χ4n) is 1.12. The predicted molar refractivity (Wildman–Crippen MR) is 49.5 cm³/mol. The van der Waals surface area contributed by atoms with Crippen molar-refractivity contribution >= 4 is 16.1 Å². The minimum absolute atomic E-state index is 1.02. The van der Waals surface area contributed by atoms with E-state index in [2.05, 4.69) is 37.0 Å². The van der Waals surface area contributed by atoms with Crippen molar-refractivity contribution in [3.8, 4) is 0 Å². The zero-order valence-electron chi connectivity index (χ0n) is 6.73. The van der Waals surface area contributed by atoms with E-state index in [4.69, 9.17) is 0 Å². The third-order valence-electron chi connectivity index (χ3n) is 1.51.